The molecule has 3 N–H and O–H groups in total. The van der Waals surface area contributed by atoms with Gasteiger partial charge in [-0.2, -0.15) is 0 Å². The van der Waals surface area contributed by atoms with Crippen molar-refractivity contribution in [2.24, 2.45) is 4.99 Å². The molecule has 6 heteroatoms. The van der Waals surface area contributed by atoms with E-state index in [1.807, 2.05) is 62.4 Å². The summed E-state index contributed by atoms with van der Waals surface area (Å²) < 4.78 is 5.69. The zero-order valence-electron chi connectivity index (χ0n) is 16.2. The minimum atomic E-state index is -0.0601. The van der Waals surface area contributed by atoms with Gasteiger partial charge in [0.2, 0.25) is 0 Å². The Kier molecular flexibility index (Phi) is 8.16. The zero-order valence-corrected chi connectivity index (χ0v) is 16.2. The molecular weight excluding hydrogens is 340 g/mol. The number of benzene rings is 2. The SMILES string of the molecule is CCNC(=O)c1cccc(CNC(=NC)NCCOc2ccc(C)cc2)c1. The highest BCUT2D eigenvalue weighted by molar-refractivity contribution is 5.94. The van der Waals surface area contributed by atoms with Crippen LogP contribution in [-0.4, -0.2) is 38.6 Å². The van der Waals surface area contributed by atoms with Crippen molar-refractivity contribution in [2.75, 3.05) is 26.7 Å². The van der Waals surface area contributed by atoms with Gasteiger partial charge in [0, 0.05) is 25.7 Å². The molecule has 1 amide bonds. The van der Waals surface area contributed by atoms with Gasteiger partial charge in [0.1, 0.15) is 12.4 Å². The zero-order chi connectivity index (χ0) is 19.5. The Bertz CT molecular complexity index is 757. The molecule has 27 heavy (non-hydrogen) atoms. The molecule has 6 nitrogen and oxygen atoms in total. The van der Waals surface area contributed by atoms with E-state index < -0.39 is 0 Å². The summed E-state index contributed by atoms with van der Waals surface area (Å²) in [5.41, 5.74) is 2.88. The van der Waals surface area contributed by atoms with E-state index in [0.717, 1.165) is 11.3 Å². The smallest absolute Gasteiger partial charge is 0.251 e. The number of aryl methyl sites for hydroxylation is 1. The van der Waals surface area contributed by atoms with Crippen molar-refractivity contribution in [3.05, 3.63) is 65.2 Å². The van der Waals surface area contributed by atoms with Crippen LogP contribution in [0.3, 0.4) is 0 Å². The number of carbonyl (C=O) groups excluding carboxylic acids is 1. The first-order valence-electron chi connectivity index (χ1n) is 9.13. The number of amides is 1. The van der Waals surface area contributed by atoms with Crippen molar-refractivity contribution in [1.29, 1.82) is 0 Å². The summed E-state index contributed by atoms with van der Waals surface area (Å²) in [5.74, 6) is 1.48. The summed E-state index contributed by atoms with van der Waals surface area (Å²) in [7, 11) is 1.72. The summed E-state index contributed by atoms with van der Waals surface area (Å²) in [4.78, 5) is 16.1. The van der Waals surface area contributed by atoms with E-state index in [9.17, 15) is 4.79 Å². The van der Waals surface area contributed by atoms with Gasteiger partial charge in [-0.1, -0.05) is 29.8 Å². The molecule has 0 aliphatic heterocycles. The predicted octanol–water partition coefficient (Wildman–Crippen LogP) is 2.49. The summed E-state index contributed by atoms with van der Waals surface area (Å²) in [6.45, 7) is 6.31. The first kappa shape index (κ1) is 20.3. The van der Waals surface area contributed by atoms with Crippen LogP contribution in [0.1, 0.15) is 28.4 Å². The third kappa shape index (κ3) is 7.01. The van der Waals surface area contributed by atoms with Gasteiger partial charge in [0.15, 0.2) is 5.96 Å². The van der Waals surface area contributed by atoms with Crippen molar-refractivity contribution < 1.29 is 9.53 Å². The van der Waals surface area contributed by atoms with Gasteiger partial charge in [-0.25, -0.2) is 0 Å². The lowest BCUT2D eigenvalue weighted by molar-refractivity contribution is 0.0955. The van der Waals surface area contributed by atoms with Gasteiger partial charge in [-0.05, 0) is 43.7 Å². The van der Waals surface area contributed by atoms with Crippen molar-refractivity contribution in [2.45, 2.75) is 20.4 Å². The number of aliphatic imine (C=N–C) groups is 1. The van der Waals surface area contributed by atoms with Crippen molar-refractivity contribution in [3.8, 4) is 5.75 Å². The number of rotatable bonds is 8. The Labute approximate surface area is 161 Å². The summed E-state index contributed by atoms with van der Waals surface area (Å²) in [5, 5.41) is 9.26. The second-order valence-electron chi connectivity index (χ2n) is 6.07. The average molecular weight is 368 g/mol. The summed E-state index contributed by atoms with van der Waals surface area (Å²) >= 11 is 0. The van der Waals surface area contributed by atoms with Gasteiger partial charge in [-0.15, -0.1) is 0 Å². The summed E-state index contributed by atoms with van der Waals surface area (Å²) in [6.07, 6.45) is 0. The Balaban J connectivity index is 1.76. The van der Waals surface area contributed by atoms with Crippen LogP contribution in [0.4, 0.5) is 0 Å². The van der Waals surface area contributed by atoms with E-state index in [2.05, 4.69) is 20.9 Å². The van der Waals surface area contributed by atoms with Crippen LogP contribution >= 0.6 is 0 Å². The molecule has 0 unspecified atom stereocenters. The third-order valence-corrected chi connectivity index (χ3v) is 3.89. The standard InChI is InChI=1S/C21H28N4O2/c1-4-23-20(26)18-7-5-6-17(14-18)15-25-21(22-3)24-12-13-27-19-10-8-16(2)9-11-19/h5-11,14H,4,12-13,15H2,1-3H3,(H,23,26)(H2,22,24,25). The van der Waals surface area contributed by atoms with E-state index in [1.165, 1.54) is 5.56 Å². The Morgan fingerprint density at radius 3 is 2.56 bits per heavy atom. The second kappa shape index (κ2) is 10.9. The predicted molar refractivity (Wildman–Crippen MR) is 109 cm³/mol. The molecule has 0 heterocycles. The van der Waals surface area contributed by atoms with Crippen LogP contribution in [0.2, 0.25) is 0 Å². The van der Waals surface area contributed by atoms with Gasteiger partial charge >= 0.3 is 0 Å². The van der Waals surface area contributed by atoms with E-state index >= 15 is 0 Å². The number of nitrogens with zero attached hydrogens (tertiary/aromatic N) is 1. The minimum absolute atomic E-state index is 0.0601. The molecular formula is C21H28N4O2. The van der Waals surface area contributed by atoms with Crippen molar-refractivity contribution in [1.82, 2.24) is 16.0 Å². The molecule has 0 spiro atoms. The number of hydrogen-bond acceptors (Lipinski definition) is 3. The molecule has 0 aromatic heterocycles. The van der Waals surface area contributed by atoms with Crippen LogP contribution in [0.5, 0.6) is 5.75 Å². The fourth-order valence-electron chi connectivity index (χ4n) is 2.46. The number of nitrogens with one attached hydrogen (secondary N) is 3. The van der Waals surface area contributed by atoms with E-state index in [-0.39, 0.29) is 5.91 Å². The van der Waals surface area contributed by atoms with Gasteiger partial charge in [0.25, 0.3) is 5.91 Å². The van der Waals surface area contributed by atoms with E-state index in [0.29, 0.717) is 37.8 Å². The highest BCUT2D eigenvalue weighted by Crippen LogP contribution is 2.10. The molecule has 2 rings (SSSR count). The molecule has 0 aliphatic rings. The molecule has 0 saturated heterocycles. The largest absolute Gasteiger partial charge is 0.492 e. The average Bonchev–Trinajstić information content (AvgIpc) is 2.69. The number of ether oxygens (including phenoxy) is 1. The fraction of sp³-hybridized carbons (Fsp3) is 0.333. The molecule has 0 radical (unpaired) electrons. The maximum Gasteiger partial charge on any atom is 0.251 e. The fourth-order valence-corrected chi connectivity index (χ4v) is 2.46. The van der Waals surface area contributed by atoms with E-state index in [4.69, 9.17) is 4.74 Å². The van der Waals surface area contributed by atoms with Crippen molar-refractivity contribution >= 4 is 11.9 Å². The molecule has 2 aromatic carbocycles. The lowest BCUT2D eigenvalue weighted by Crippen LogP contribution is -2.38. The normalized spacial score (nSPS) is 11.0. The van der Waals surface area contributed by atoms with Crippen LogP contribution in [0.15, 0.2) is 53.5 Å². The number of carbonyl (C=O) groups is 1. The lowest BCUT2D eigenvalue weighted by Gasteiger charge is -2.13. The van der Waals surface area contributed by atoms with Crippen LogP contribution in [0.25, 0.3) is 0 Å². The maximum absolute atomic E-state index is 11.9. The van der Waals surface area contributed by atoms with Gasteiger partial charge < -0.3 is 20.7 Å². The minimum Gasteiger partial charge on any atom is -0.492 e. The highest BCUT2D eigenvalue weighted by atomic mass is 16.5. The molecule has 144 valence electrons. The topological polar surface area (TPSA) is 74.8 Å². The Morgan fingerprint density at radius 2 is 1.85 bits per heavy atom. The first-order valence-corrected chi connectivity index (χ1v) is 9.13. The lowest BCUT2D eigenvalue weighted by atomic mass is 10.1. The monoisotopic (exact) mass is 368 g/mol. The van der Waals surface area contributed by atoms with E-state index in [1.54, 1.807) is 7.05 Å². The second-order valence-corrected chi connectivity index (χ2v) is 6.07. The van der Waals surface area contributed by atoms with Crippen molar-refractivity contribution in [3.63, 3.8) is 0 Å². The molecule has 0 fully saturated rings. The quantitative estimate of drug-likeness (QED) is 0.380. The molecule has 0 atom stereocenters. The first-order chi connectivity index (χ1) is 13.1. The van der Waals surface area contributed by atoms with Crippen LogP contribution in [-0.2, 0) is 6.54 Å². The molecule has 2 aromatic rings. The summed E-state index contributed by atoms with van der Waals surface area (Å²) in [6, 6.07) is 15.5. The molecule has 0 bridgehead atoms. The molecule has 0 saturated carbocycles. The highest BCUT2D eigenvalue weighted by Gasteiger charge is 2.05. The van der Waals surface area contributed by atoms with Gasteiger partial charge in [-0.3, -0.25) is 9.79 Å². The van der Waals surface area contributed by atoms with Crippen LogP contribution in [0, 0.1) is 6.92 Å². The number of hydrogen-bond donors (Lipinski definition) is 3. The van der Waals surface area contributed by atoms with Gasteiger partial charge in [0.05, 0.1) is 6.54 Å². The third-order valence-electron chi connectivity index (χ3n) is 3.89. The Morgan fingerprint density at radius 1 is 1.07 bits per heavy atom. The van der Waals surface area contributed by atoms with Crippen LogP contribution < -0.4 is 20.7 Å². The number of guanidine groups is 1. The maximum atomic E-state index is 11.9. The molecule has 0 aliphatic carbocycles. The Hall–Kier alpha value is -3.02.